The Kier molecular flexibility index (Phi) is 4.79. The van der Waals surface area contributed by atoms with Gasteiger partial charge in [-0.2, -0.15) is 0 Å². The van der Waals surface area contributed by atoms with Gasteiger partial charge in [0.05, 0.1) is 43.7 Å². The maximum Gasteiger partial charge on any atom is 0.229 e. The van der Waals surface area contributed by atoms with Gasteiger partial charge in [0.15, 0.2) is 0 Å². The summed E-state index contributed by atoms with van der Waals surface area (Å²) in [6.45, 7) is 3.15. The number of quaternary nitrogens is 1. The maximum absolute atomic E-state index is 13.2. The van der Waals surface area contributed by atoms with Crippen LogP contribution in [0.15, 0.2) is 35.9 Å². The van der Waals surface area contributed by atoms with E-state index in [-0.39, 0.29) is 22.9 Å². The largest absolute Gasteiger partial charge is 0.412 e. The van der Waals surface area contributed by atoms with E-state index in [0.717, 1.165) is 0 Å². The van der Waals surface area contributed by atoms with Crippen LogP contribution in [-0.4, -0.2) is 49.3 Å². The number of piperidine rings is 2. The summed E-state index contributed by atoms with van der Waals surface area (Å²) in [5, 5.41) is 0. The lowest BCUT2D eigenvalue weighted by Gasteiger charge is -2.56. The zero-order valence-corrected chi connectivity index (χ0v) is 17.5. The monoisotopic (exact) mass is 452 g/mol. The molecule has 5 aliphatic heterocycles. The second-order valence-corrected chi connectivity index (χ2v) is 10.1. The topological polar surface area (TPSA) is 158 Å². The Balaban J connectivity index is 0.000000310. The number of hydrogen-bond donors (Lipinski definition) is 1. The van der Waals surface area contributed by atoms with Gasteiger partial charge in [-0.1, -0.05) is 24.3 Å². The quantitative estimate of drug-likeness (QED) is 0.388. The van der Waals surface area contributed by atoms with E-state index < -0.39 is 10.2 Å². The number of para-hydroxylation sites is 1. The Labute approximate surface area is 181 Å². The zero-order chi connectivity index (χ0) is 20.8. The summed E-state index contributed by atoms with van der Waals surface area (Å²) in [6.07, 6.45) is 5.54. The minimum atomic E-state index is -4.94. The minimum Gasteiger partial charge on any atom is -0.412 e. The Morgan fingerprint density at radius 3 is 2.71 bits per heavy atom. The van der Waals surface area contributed by atoms with Crippen molar-refractivity contribution in [3.05, 3.63) is 41.5 Å². The van der Waals surface area contributed by atoms with Crippen LogP contribution >= 0.6 is 0 Å². The van der Waals surface area contributed by atoms with E-state index in [0.29, 0.717) is 36.9 Å². The lowest BCUT2D eigenvalue weighted by Crippen LogP contribution is -3.16. The Morgan fingerprint density at radius 1 is 1.19 bits per heavy atom. The van der Waals surface area contributed by atoms with Gasteiger partial charge in [0, 0.05) is 24.4 Å². The van der Waals surface area contributed by atoms with Crippen LogP contribution in [0.2, 0.25) is 0 Å². The molecule has 2 bridgehead atoms. The summed E-state index contributed by atoms with van der Waals surface area (Å²) in [4.78, 5) is 17.2. The number of anilines is 1. The standard InChI is InChI=1S/C21H22N2O2.ClHO4.H2O/c24-18-10-16-19-13-9-17-21(6-7-22(17)11-12(13)5-8-25-16)14-3-1-2-4-15(14)23(18)20(19)21;2-1(3,4)5;/h1-5,13,16-17,19-20H,6-11H2;(H,2,3,4,5);1H2/t13-,16-,17-,19-,20-,21+;;/m0../s1. The molecule has 1 spiro atoms. The van der Waals surface area contributed by atoms with Gasteiger partial charge in [-0.05, 0) is 23.1 Å². The summed E-state index contributed by atoms with van der Waals surface area (Å²) >= 11 is 0. The average Bonchev–Trinajstić information content (AvgIpc) is 3.15. The van der Waals surface area contributed by atoms with Gasteiger partial charge in [-0.25, -0.2) is 18.6 Å². The number of ether oxygens (including phenoxy) is 1. The molecule has 9 nitrogen and oxygen atoms in total. The Hall–Kier alpha value is -1.56. The molecule has 1 aliphatic carbocycles. The Morgan fingerprint density at radius 2 is 1.94 bits per heavy atom. The lowest BCUT2D eigenvalue weighted by atomic mass is 9.53. The van der Waals surface area contributed by atoms with Gasteiger partial charge >= 0.3 is 0 Å². The first kappa shape index (κ1) is 21.3. The normalized spacial score (nSPS) is 40.7. The highest BCUT2D eigenvalue weighted by molar-refractivity contribution is 5.99. The summed E-state index contributed by atoms with van der Waals surface area (Å²) in [5.74, 6) is 1.39. The number of nitrogens with one attached hydrogen (secondary N) is 1. The summed E-state index contributed by atoms with van der Waals surface area (Å²) in [5.41, 5.74) is 4.46. The van der Waals surface area contributed by atoms with Crippen molar-refractivity contribution in [2.75, 3.05) is 24.6 Å². The highest BCUT2D eigenvalue weighted by Gasteiger charge is 2.73. The number of fused-ring (bicyclic) bond motifs is 2. The molecule has 1 unspecified atom stereocenters. The van der Waals surface area contributed by atoms with Gasteiger partial charge in [0.25, 0.3) is 0 Å². The number of carbonyl (C=O) groups excluding carboxylic acids is 1. The fourth-order valence-corrected chi connectivity index (χ4v) is 7.73. The number of hydrogen-bond acceptors (Lipinski definition) is 6. The van der Waals surface area contributed by atoms with Crippen molar-refractivity contribution in [2.24, 2.45) is 11.8 Å². The van der Waals surface area contributed by atoms with Crippen LogP contribution in [0.25, 0.3) is 0 Å². The molecule has 0 radical (unpaired) electrons. The van der Waals surface area contributed by atoms with Crippen molar-refractivity contribution in [1.29, 1.82) is 0 Å². The molecule has 1 saturated carbocycles. The van der Waals surface area contributed by atoms with E-state index in [1.165, 1.54) is 37.2 Å². The van der Waals surface area contributed by atoms with E-state index >= 15 is 0 Å². The van der Waals surface area contributed by atoms with Crippen LogP contribution in [0, 0.1) is 22.1 Å². The summed E-state index contributed by atoms with van der Waals surface area (Å²) in [7, 11) is -4.94. The fraction of sp³-hybridized carbons (Fsp3) is 0.571. The smallest absolute Gasteiger partial charge is 0.229 e. The molecule has 1 aromatic rings. The molecule has 0 aromatic heterocycles. The predicted octanol–water partition coefficient (Wildman–Crippen LogP) is -4.91. The molecule has 4 fully saturated rings. The molecule has 3 saturated heterocycles. The van der Waals surface area contributed by atoms with Crippen LogP contribution in [0.4, 0.5) is 5.69 Å². The highest BCUT2D eigenvalue weighted by Crippen LogP contribution is 2.62. The molecule has 7 rings (SSSR count). The van der Waals surface area contributed by atoms with Crippen molar-refractivity contribution in [2.45, 2.75) is 42.9 Å². The van der Waals surface area contributed by atoms with E-state index in [1.807, 2.05) is 0 Å². The van der Waals surface area contributed by atoms with E-state index in [4.69, 9.17) is 23.4 Å². The fourth-order valence-electron chi connectivity index (χ4n) is 7.73. The molecular formula is C21H25ClN2O7. The number of carbonyl (C=O) groups is 1. The molecule has 5 heterocycles. The third-order valence-corrected chi connectivity index (χ3v) is 8.40. The number of rotatable bonds is 0. The first-order valence-electron chi connectivity index (χ1n) is 10.5. The van der Waals surface area contributed by atoms with Crippen LogP contribution < -0.4 is 28.4 Å². The second kappa shape index (κ2) is 6.97. The predicted molar refractivity (Wildman–Crippen MR) is 96.1 cm³/mol. The van der Waals surface area contributed by atoms with Gasteiger partial charge in [0.2, 0.25) is 5.91 Å². The third-order valence-electron chi connectivity index (χ3n) is 8.40. The number of amides is 1. The first-order chi connectivity index (χ1) is 14.3. The third kappa shape index (κ3) is 2.86. The van der Waals surface area contributed by atoms with Crippen LogP contribution in [0.1, 0.15) is 24.8 Å². The van der Waals surface area contributed by atoms with Gasteiger partial charge < -0.3 is 20.0 Å². The molecular weight excluding hydrogens is 428 g/mol. The second-order valence-electron chi connectivity index (χ2n) is 9.31. The molecule has 6 aliphatic rings. The highest BCUT2D eigenvalue weighted by atomic mass is 35.7. The van der Waals surface area contributed by atoms with Crippen LogP contribution in [0.5, 0.6) is 0 Å². The van der Waals surface area contributed by atoms with Crippen LogP contribution in [-0.2, 0) is 14.9 Å². The molecule has 1 amide bonds. The average molecular weight is 453 g/mol. The number of halogens is 1. The molecule has 3 N–H and O–H groups in total. The van der Waals surface area contributed by atoms with Crippen molar-refractivity contribution >= 4 is 11.6 Å². The van der Waals surface area contributed by atoms with Crippen molar-refractivity contribution in [3.8, 4) is 0 Å². The first-order valence-corrected chi connectivity index (χ1v) is 11.7. The van der Waals surface area contributed by atoms with Gasteiger partial charge in [-0.15, -0.1) is 10.2 Å². The summed E-state index contributed by atoms with van der Waals surface area (Å²) in [6, 6.07) is 9.78. The lowest BCUT2D eigenvalue weighted by molar-refractivity contribution is -2.00. The van der Waals surface area contributed by atoms with Crippen molar-refractivity contribution < 1.29 is 48.8 Å². The molecule has 1 aromatic carbocycles. The van der Waals surface area contributed by atoms with E-state index in [9.17, 15) is 4.79 Å². The summed E-state index contributed by atoms with van der Waals surface area (Å²) < 4.78 is 40.2. The van der Waals surface area contributed by atoms with Crippen molar-refractivity contribution in [3.63, 3.8) is 0 Å². The van der Waals surface area contributed by atoms with Gasteiger partial charge in [0.1, 0.15) is 6.04 Å². The molecule has 10 heteroatoms. The van der Waals surface area contributed by atoms with E-state index in [2.05, 4.69) is 35.2 Å². The molecule has 168 valence electrons. The zero-order valence-electron chi connectivity index (χ0n) is 16.8. The molecule has 7 atom stereocenters. The molecule has 31 heavy (non-hydrogen) atoms. The Bertz CT molecular complexity index is 944. The maximum atomic E-state index is 13.2. The van der Waals surface area contributed by atoms with E-state index in [1.54, 1.807) is 10.5 Å². The minimum absolute atomic E-state index is 0. The SMILES string of the molecule is O.O=C1C[C@@H]2OCC=C3C[NH+]4CC[C@]56c7ccccc7N1[C@H]5[C@H]2[C@H]3C[C@H]46.[O-][Cl+3]([O-])([O-])[O-]. The van der Waals surface area contributed by atoms with Gasteiger partial charge in [-0.3, -0.25) is 4.79 Å². The van der Waals surface area contributed by atoms with Crippen LogP contribution in [0.3, 0.4) is 0 Å². The van der Waals surface area contributed by atoms with Crippen molar-refractivity contribution in [1.82, 2.24) is 0 Å². The number of benzene rings is 1. The number of nitrogens with zero attached hydrogens (tertiary/aromatic N) is 1.